The zero-order valence-electron chi connectivity index (χ0n) is 14.9. The van der Waals surface area contributed by atoms with E-state index in [1.54, 1.807) is 0 Å². The van der Waals surface area contributed by atoms with Crippen LogP contribution < -0.4 is 4.90 Å². The van der Waals surface area contributed by atoms with E-state index >= 15 is 0 Å². The van der Waals surface area contributed by atoms with Crippen LogP contribution in [0.4, 0.5) is 5.95 Å². The van der Waals surface area contributed by atoms with Crippen molar-refractivity contribution in [2.75, 3.05) is 18.6 Å². The third-order valence-corrected chi connectivity index (χ3v) is 4.95. The largest absolute Gasteiger partial charge is 0.376 e. The predicted molar refractivity (Wildman–Crippen MR) is 93.9 cm³/mol. The molecular weight excluding hydrogens is 302 g/mol. The molecule has 0 N–H and O–H groups in total. The van der Waals surface area contributed by atoms with Crippen molar-refractivity contribution in [2.24, 2.45) is 0 Å². The van der Waals surface area contributed by atoms with Crippen LogP contribution >= 0.6 is 0 Å². The lowest BCUT2D eigenvalue weighted by Crippen LogP contribution is -2.43. The van der Waals surface area contributed by atoms with E-state index in [-0.39, 0.29) is 5.60 Å². The van der Waals surface area contributed by atoms with Crippen molar-refractivity contribution in [1.29, 1.82) is 0 Å². The Kier molecular flexibility index (Phi) is 5.14. The Morgan fingerprint density at radius 1 is 1.21 bits per heavy atom. The lowest BCUT2D eigenvalue weighted by atomic mass is 10.0. The minimum Gasteiger partial charge on any atom is -0.376 e. The first-order valence-electron chi connectivity index (χ1n) is 8.74. The summed E-state index contributed by atoms with van der Waals surface area (Å²) in [5.74, 6) is 1.78. The van der Waals surface area contributed by atoms with E-state index in [4.69, 9.17) is 4.74 Å². The molecule has 0 amide bonds. The maximum Gasteiger partial charge on any atom is 0.225 e. The second-order valence-corrected chi connectivity index (χ2v) is 6.64. The van der Waals surface area contributed by atoms with Crippen LogP contribution in [0, 0.1) is 6.92 Å². The van der Waals surface area contributed by atoms with Gasteiger partial charge in [0.25, 0.3) is 0 Å². The molecular formula is C18H27N5O. The normalized spacial score (nSPS) is 16.5. The molecule has 0 aromatic carbocycles. The molecule has 24 heavy (non-hydrogen) atoms. The van der Waals surface area contributed by atoms with Gasteiger partial charge in [-0.05, 0) is 32.3 Å². The fraction of sp³-hybridized carbons (Fsp3) is 0.611. The summed E-state index contributed by atoms with van der Waals surface area (Å²) < 4.78 is 8.09. The quantitative estimate of drug-likeness (QED) is 0.781. The molecule has 0 unspecified atom stereocenters. The number of methoxy groups -OCH3 is 1. The minimum absolute atomic E-state index is 0.0993. The van der Waals surface area contributed by atoms with Gasteiger partial charge in [0, 0.05) is 38.4 Å². The van der Waals surface area contributed by atoms with E-state index in [1.807, 2.05) is 38.8 Å². The van der Waals surface area contributed by atoms with Crippen molar-refractivity contribution in [1.82, 2.24) is 19.5 Å². The van der Waals surface area contributed by atoms with Crippen LogP contribution in [0.2, 0.25) is 0 Å². The second-order valence-electron chi connectivity index (χ2n) is 6.64. The highest BCUT2D eigenvalue weighted by atomic mass is 16.5. The third kappa shape index (κ3) is 3.59. The number of rotatable bonds is 7. The summed E-state index contributed by atoms with van der Waals surface area (Å²) in [5.41, 5.74) is 0.966. The summed E-state index contributed by atoms with van der Waals surface area (Å²) in [7, 11) is 1.83. The van der Waals surface area contributed by atoms with E-state index in [0.717, 1.165) is 43.3 Å². The molecule has 130 valence electrons. The van der Waals surface area contributed by atoms with Gasteiger partial charge in [0.2, 0.25) is 5.95 Å². The Hall–Kier alpha value is -1.95. The van der Waals surface area contributed by atoms with Gasteiger partial charge in [0.1, 0.15) is 5.82 Å². The van der Waals surface area contributed by atoms with Crippen LogP contribution in [-0.4, -0.2) is 38.8 Å². The molecule has 0 radical (unpaired) electrons. The first-order valence-corrected chi connectivity index (χ1v) is 8.74. The molecule has 0 saturated heterocycles. The lowest BCUT2D eigenvalue weighted by molar-refractivity contribution is 0.00168. The van der Waals surface area contributed by atoms with Gasteiger partial charge in [0.05, 0.1) is 18.7 Å². The smallest absolute Gasteiger partial charge is 0.225 e. The highest BCUT2D eigenvalue weighted by Gasteiger charge is 2.36. The molecule has 0 bridgehead atoms. The Labute approximate surface area is 143 Å². The Morgan fingerprint density at radius 3 is 2.54 bits per heavy atom. The molecule has 3 rings (SSSR count). The Balaban J connectivity index is 1.87. The summed E-state index contributed by atoms with van der Waals surface area (Å²) in [6.07, 6.45) is 12.2. The molecule has 0 spiro atoms. The fourth-order valence-corrected chi connectivity index (χ4v) is 3.49. The zero-order valence-corrected chi connectivity index (χ0v) is 14.9. The molecule has 1 fully saturated rings. The topological polar surface area (TPSA) is 56.1 Å². The van der Waals surface area contributed by atoms with E-state index in [1.165, 1.54) is 12.8 Å². The van der Waals surface area contributed by atoms with Crippen LogP contribution in [0.3, 0.4) is 0 Å². The van der Waals surface area contributed by atoms with E-state index in [2.05, 4.69) is 31.3 Å². The Morgan fingerprint density at radius 2 is 1.92 bits per heavy atom. The van der Waals surface area contributed by atoms with Crippen LogP contribution in [0.25, 0.3) is 0 Å². The molecule has 2 heterocycles. The highest BCUT2D eigenvalue weighted by molar-refractivity contribution is 5.31. The number of aromatic nitrogens is 4. The van der Waals surface area contributed by atoms with Gasteiger partial charge in [-0.25, -0.2) is 15.0 Å². The molecule has 1 saturated carbocycles. The molecule has 6 heteroatoms. The average Bonchev–Trinajstić information content (AvgIpc) is 3.24. The lowest BCUT2D eigenvalue weighted by Gasteiger charge is -2.34. The number of nitrogens with zero attached hydrogens (tertiary/aromatic N) is 5. The SMILES string of the molecule is CCn1ccnc1CN(CC1(OC)CCCC1)c1ncc(C)cn1. The van der Waals surface area contributed by atoms with E-state index in [0.29, 0.717) is 6.54 Å². The van der Waals surface area contributed by atoms with Crippen molar-refractivity contribution in [3.8, 4) is 0 Å². The molecule has 2 aromatic rings. The monoisotopic (exact) mass is 329 g/mol. The zero-order chi connectivity index (χ0) is 17.0. The van der Waals surface area contributed by atoms with Gasteiger partial charge in [-0.1, -0.05) is 12.8 Å². The van der Waals surface area contributed by atoms with E-state index in [9.17, 15) is 0 Å². The van der Waals surface area contributed by atoms with Crippen molar-refractivity contribution < 1.29 is 4.74 Å². The van der Waals surface area contributed by atoms with Crippen molar-refractivity contribution in [3.05, 3.63) is 36.2 Å². The van der Waals surface area contributed by atoms with Crippen molar-refractivity contribution in [2.45, 2.75) is 58.2 Å². The maximum absolute atomic E-state index is 5.93. The summed E-state index contributed by atoms with van der Waals surface area (Å²) in [4.78, 5) is 15.8. The minimum atomic E-state index is -0.0993. The predicted octanol–water partition coefficient (Wildman–Crippen LogP) is 2.97. The van der Waals surface area contributed by atoms with Gasteiger partial charge in [-0.3, -0.25) is 0 Å². The molecule has 2 aromatic heterocycles. The van der Waals surface area contributed by atoms with Gasteiger partial charge in [-0.2, -0.15) is 0 Å². The highest BCUT2D eigenvalue weighted by Crippen LogP contribution is 2.34. The number of ether oxygens (including phenoxy) is 1. The van der Waals surface area contributed by atoms with E-state index < -0.39 is 0 Å². The number of imidazole rings is 1. The van der Waals surface area contributed by atoms with Crippen LogP contribution in [0.5, 0.6) is 0 Å². The number of aryl methyl sites for hydroxylation is 2. The number of hydrogen-bond donors (Lipinski definition) is 0. The summed E-state index contributed by atoms with van der Waals surface area (Å²) in [6.45, 7) is 6.53. The summed E-state index contributed by atoms with van der Waals surface area (Å²) >= 11 is 0. The first-order chi connectivity index (χ1) is 11.7. The van der Waals surface area contributed by atoms with Crippen molar-refractivity contribution >= 4 is 5.95 Å². The summed E-state index contributed by atoms with van der Waals surface area (Å²) in [5, 5.41) is 0. The molecule has 0 aliphatic heterocycles. The van der Waals surface area contributed by atoms with Crippen LogP contribution in [-0.2, 0) is 17.8 Å². The maximum atomic E-state index is 5.93. The molecule has 0 atom stereocenters. The third-order valence-electron chi connectivity index (χ3n) is 4.95. The van der Waals surface area contributed by atoms with Crippen LogP contribution in [0.15, 0.2) is 24.8 Å². The molecule has 1 aliphatic rings. The first kappa shape index (κ1) is 16.9. The van der Waals surface area contributed by atoms with Crippen molar-refractivity contribution in [3.63, 3.8) is 0 Å². The van der Waals surface area contributed by atoms with Gasteiger partial charge < -0.3 is 14.2 Å². The molecule has 6 nitrogen and oxygen atoms in total. The van der Waals surface area contributed by atoms with Gasteiger partial charge in [-0.15, -0.1) is 0 Å². The fourth-order valence-electron chi connectivity index (χ4n) is 3.49. The van der Waals surface area contributed by atoms with Crippen LogP contribution in [0.1, 0.15) is 44.0 Å². The van der Waals surface area contributed by atoms with Gasteiger partial charge >= 0.3 is 0 Å². The number of hydrogen-bond acceptors (Lipinski definition) is 5. The number of anilines is 1. The Bertz CT molecular complexity index is 646. The molecule has 1 aliphatic carbocycles. The standard InChI is InChI=1S/C18H27N5O/c1-4-22-10-9-19-16(22)13-23(17-20-11-15(2)12-21-17)14-18(24-3)7-5-6-8-18/h9-12H,4-8,13-14H2,1-3H3. The van der Waals surface area contributed by atoms with Gasteiger partial charge in [0.15, 0.2) is 0 Å². The second kappa shape index (κ2) is 7.30. The average molecular weight is 329 g/mol. The summed E-state index contributed by atoms with van der Waals surface area (Å²) in [6, 6.07) is 0.